The standard InChI is InChI=1S/C18H22F2N2O/c1-2-7-22-9-4-6-18(22)5-3-8-21(13-18)17(23)14-10-15(19)12-16(20)11-14/h2,10-12H,1,3-9,13H2. The summed E-state index contributed by atoms with van der Waals surface area (Å²) in [4.78, 5) is 16.8. The monoisotopic (exact) mass is 320 g/mol. The number of piperidine rings is 1. The van der Waals surface area contributed by atoms with Crippen LogP contribution in [0.4, 0.5) is 8.78 Å². The van der Waals surface area contributed by atoms with Crippen LogP contribution in [0.15, 0.2) is 30.9 Å². The molecule has 2 fully saturated rings. The molecule has 5 heteroatoms. The fourth-order valence-electron chi connectivity index (χ4n) is 4.04. The molecule has 1 aromatic carbocycles. The predicted octanol–water partition coefficient (Wildman–Crippen LogP) is 3.22. The van der Waals surface area contributed by atoms with E-state index in [1.165, 1.54) is 0 Å². The van der Waals surface area contributed by atoms with E-state index in [-0.39, 0.29) is 17.0 Å². The lowest BCUT2D eigenvalue weighted by atomic mass is 9.86. The van der Waals surface area contributed by atoms with Crippen LogP contribution in [-0.4, -0.2) is 47.4 Å². The molecule has 0 aliphatic carbocycles. The first-order valence-electron chi connectivity index (χ1n) is 8.15. The number of hydrogen-bond acceptors (Lipinski definition) is 2. The number of amides is 1. The Labute approximate surface area is 135 Å². The molecule has 2 saturated heterocycles. The van der Waals surface area contributed by atoms with Crippen LogP contribution < -0.4 is 0 Å². The van der Waals surface area contributed by atoms with E-state index in [1.807, 2.05) is 6.08 Å². The van der Waals surface area contributed by atoms with Gasteiger partial charge in [0.05, 0.1) is 0 Å². The van der Waals surface area contributed by atoms with Crippen molar-refractivity contribution in [2.24, 2.45) is 0 Å². The molecule has 2 aliphatic heterocycles. The van der Waals surface area contributed by atoms with Gasteiger partial charge in [-0.15, -0.1) is 6.58 Å². The molecule has 1 unspecified atom stereocenters. The van der Waals surface area contributed by atoms with Crippen LogP contribution in [0.2, 0.25) is 0 Å². The number of likely N-dealkylation sites (tertiary alicyclic amines) is 2. The molecule has 23 heavy (non-hydrogen) atoms. The summed E-state index contributed by atoms with van der Waals surface area (Å²) < 4.78 is 26.8. The van der Waals surface area contributed by atoms with Crippen molar-refractivity contribution in [2.75, 3.05) is 26.2 Å². The third kappa shape index (κ3) is 3.15. The van der Waals surface area contributed by atoms with E-state index >= 15 is 0 Å². The Morgan fingerprint density at radius 2 is 1.83 bits per heavy atom. The van der Waals surface area contributed by atoms with E-state index in [1.54, 1.807) is 4.90 Å². The third-order valence-corrected chi connectivity index (χ3v) is 5.04. The average Bonchev–Trinajstić information content (AvgIpc) is 2.88. The van der Waals surface area contributed by atoms with Crippen LogP contribution >= 0.6 is 0 Å². The number of hydrogen-bond donors (Lipinski definition) is 0. The Morgan fingerprint density at radius 1 is 1.17 bits per heavy atom. The SMILES string of the molecule is C=CCN1CCCC12CCCN(C(=O)c1cc(F)cc(F)c1)C2. The summed E-state index contributed by atoms with van der Waals surface area (Å²) in [6, 6.07) is 3.02. The molecule has 1 spiro atoms. The molecular weight excluding hydrogens is 298 g/mol. The summed E-state index contributed by atoms with van der Waals surface area (Å²) in [5.41, 5.74) is 0.0846. The molecule has 1 atom stereocenters. The average molecular weight is 320 g/mol. The summed E-state index contributed by atoms with van der Waals surface area (Å²) >= 11 is 0. The fraction of sp³-hybridized carbons (Fsp3) is 0.500. The molecule has 0 bridgehead atoms. The molecule has 3 rings (SSSR count). The van der Waals surface area contributed by atoms with Crippen molar-refractivity contribution in [3.63, 3.8) is 0 Å². The number of halogens is 2. The molecule has 0 N–H and O–H groups in total. The number of nitrogens with zero attached hydrogens (tertiary/aromatic N) is 2. The maximum Gasteiger partial charge on any atom is 0.254 e. The van der Waals surface area contributed by atoms with E-state index in [2.05, 4.69) is 11.5 Å². The topological polar surface area (TPSA) is 23.6 Å². The Balaban J connectivity index is 1.80. The van der Waals surface area contributed by atoms with Crippen molar-refractivity contribution in [2.45, 2.75) is 31.2 Å². The highest BCUT2D eigenvalue weighted by atomic mass is 19.1. The van der Waals surface area contributed by atoms with Crippen molar-refractivity contribution in [1.29, 1.82) is 0 Å². The van der Waals surface area contributed by atoms with Crippen LogP contribution in [0.5, 0.6) is 0 Å². The van der Waals surface area contributed by atoms with Crippen molar-refractivity contribution < 1.29 is 13.6 Å². The van der Waals surface area contributed by atoms with Gasteiger partial charge in [0.25, 0.3) is 5.91 Å². The molecule has 3 nitrogen and oxygen atoms in total. The first-order chi connectivity index (χ1) is 11.0. The Morgan fingerprint density at radius 3 is 2.48 bits per heavy atom. The van der Waals surface area contributed by atoms with E-state index in [4.69, 9.17) is 0 Å². The van der Waals surface area contributed by atoms with E-state index < -0.39 is 11.6 Å². The molecule has 2 heterocycles. The van der Waals surface area contributed by atoms with Gasteiger partial charge >= 0.3 is 0 Å². The van der Waals surface area contributed by atoms with Gasteiger partial charge in [-0.25, -0.2) is 8.78 Å². The molecule has 2 aliphatic rings. The molecular formula is C18H22F2N2O. The minimum Gasteiger partial charge on any atom is -0.337 e. The lowest BCUT2D eigenvalue weighted by Crippen LogP contribution is -2.56. The van der Waals surface area contributed by atoms with Crippen LogP contribution in [0, 0.1) is 11.6 Å². The zero-order valence-corrected chi connectivity index (χ0v) is 13.2. The van der Waals surface area contributed by atoms with E-state index in [9.17, 15) is 13.6 Å². The second-order valence-electron chi connectivity index (χ2n) is 6.55. The van der Waals surface area contributed by atoms with E-state index in [0.29, 0.717) is 13.1 Å². The summed E-state index contributed by atoms with van der Waals surface area (Å²) in [5, 5.41) is 0. The second-order valence-corrected chi connectivity index (χ2v) is 6.55. The van der Waals surface area contributed by atoms with Gasteiger partial charge < -0.3 is 4.90 Å². The van der Waals surface area contributed by atoms with Crippen molar-refractivity contribution >= 4 is 5.91 Å². The van der Waals surface area contributed by atoms with Crippen molar-refractivity contribution in [3.8, 4) is 0 Å². The van der Waals surface area contributed by atoms with Gasteiger partial charge in [-0.1, -0.05) is 6.08 Å². The lowest BCUT2D eigenvalue weighted by molar-refractivity contribution is 0.0366. The minimum absolute atomic E-state index is 0.00598. The van der Waals surface area contributed by atoms with Gasteiger partial charge in [-0.3, -0.25) is 9.69 Å². The zero-order chi connectivity index (χ0) is 16.4. The van der Waals surface area contributed by atoms with Gasteiger partial charge in [-0.05, 0) is 44.4 Å². The maximum atomic E-state index is 13.4. The van der Waals surface area contributed by atoms with Gasteiger partial charge in [-0.2, -0.15) is 0 Å². The smallest absolute Gasteiger partial charge is 0.254 e. The lowest BCUT2D eigenvalue weighted by Gasteiger charge is -2.45. The fourth-order valence-corrected chi connectivity index (χ4v) is 4.04. The van der Waals surface area contributed by atoms with Crippen LogP contribution in [-0.2, 0) is 0 Å². The summed E-state index contributed by atoms with van der Waals surface area (Å²) in [5.74, 6) is -1.71. The van der Waals surface area contributed by atoms with Gasteiger partial charge in [0.1, 0.15) is 11.6 Å². The van der Waals surface area contributed by atoms with Crippen molar-refractivity contribution in [3.05, 3.63) is 48.1 Å². The largest absolute Gasteiger partial charge is 0.337 e. The zero-order valence-electron chi connectivity index (χ0n) is 13.2. The highest BCUT2D eigenvalue weighted by Crippen LogP contribution is 2.37. The molecule has 0 aromatic heterocycles. The summed E-state index contributed by atoms with van der Waals surface area (Å²) in [6.07, 6.45) is 6.04. The second kappa shape index (κ2) is 6.40. The molecule has 1 aromatic rings. The molecule has 0 saturated carbocycles. The Hall–Kier alpha value is -1.75. The number of carbonyl (C=O) groups is 1. The van der Waals surface area contributed by atoms with Crippen LogP contribution in [0.25, 0.3) is 0 Å². The number of carbonyl (C=O) groups excluding carboxylic acids is 1. The number of rotatable bonds is 3. The Bertz CT molecular complexity index is 599. The highest BCUT2D eigenvalue weighted by Gasteiger charge is 2.44. The maximum absolute atomic E-state index is 13.4. The Kier molecular flexibility index (Phi) is 4.48. The van der Waals surface area contributed by atoms with Gasteiger partial charge in [0.2, 0.25) is 0 Å². The molecule has 1 amide bonds. The van der Waals surface area contributed by atoms with Crippen LogP contribution in [0.1, 0.15) is 36.0 Å². The number of benzene rings is 1. The van der Waals surface area contributed by atoms with Crippen LogP contribution in [0.3, 0.4) is 0 Å². The first kappa shape index (κ1) is 16.1. The van der Waals surface area contributed by atoms with Gasteiger partial charge in [0.15, 0.2) is 0 Å². The normalized spacial score (nSPS) is 25.0. The molecule has 0 radical (unpaired) electrons. The minimum atomic E-state index is -0.714. The van der Waals surface area contributed by atoms with Crippen molar-refractivity contribution in [1.82, 2.24) is 9.80 Å². The molecule has 124 valence electrons. The predicted molar refractivity (Wildman–Crippen MR) is 85.2 cm³/mol. The first-order valence-corrected chi connectivity index (χ1v) is 8.15. The van der Waals surface area contributed by atoms with E-state index in [0.717, 1.165) is 57.0 Å². The summed E-state index contributed by atoms with van der Waals surface area (Å²) in [7, 11) is 0. The highest BCUT2D eigenvalue weighted by molar-refractivity contribution is 5.94. The van der Waals surface area contributed by atoms with Gasteiger partial charge in [0, 0.05) is 36.8 Å². The third-order valence-electron chi connectivity index (χ3n) is 5.04. The quantitative estimate of drug-likeness (QED) is 0.799. The summed E-state index contributed by atoms with van der Waals surface area (Å²) in [6.45, 7) is 6.91.